The lowest BCUT2D eigenvalue weighted by molar-refractivity contribution is -0.385. The van der Waals surface area contributed by atoms with Crippen molar-refractivity contribution in [2.45, 2.75) is 13.5 Å². The standard InChI is InChI=1S/C21H23N3O5/c1-15-3-2-4-17(20(15)24(26)27)21(25)23-9-7-22(8-10-23)14-16-5-6-18-19(13-16)29-12-11-28-18/h2-6,13H,7-12,14H2,1H3. The topological polar surface area (TPSA) is 85.2 Å². The molecule has 0 saturated carbocycles. The van der Waals surface area contributed by atoms with E-state index < -0.39 is 4.92 Å². The number of aryl methyl sites for hydroxylation is 1. The van der Waals surface area contributed by atoms with Gasteiger partial charge in [-0.2, -0.15) is 0 Å². The van der Waals surface area contributed by atoms with Gasteiger partial charge in [-0.15, -0.1) is 0 Å². The third-order valence-corrected chi connectivity index (χ3v) is 5.32. The summed E-state index contributed by atoms with van der Waals surface area (Å²) < 4.78 is 11.2. The molecule has 4 rings (SSSR count). The summed E-state index contributed by atoms with van der Waals surface area (Å²) in [7, 11) is 0. The van der Waals surface area contributed by atoms with Gasteiger partial charge >= 0.3 is 0 Å². The molecule has 2 heterocycles. The van der Waals surface area contributed by atoms with Crippen LogP contribution in [0.3, 0.4) is 0 Å². The van der Waals surface area contributed by atoms with Crippen molar-refractivity contribution in [3.8, 4) is 11.5 Å². The van der Waals surface area contributed by atoms with E-state index in [-0.39, 0.29) is 17.2 Å². The number of para-hydroxylation sites is 1. The van der Waals surface area contributed by atoms with E-state index in [9.17, 15) is 14.9 Å². The van der Waals surface area contributed by atoms with Crippen molar-refractivity contribution in [1.82, 2.24) is 9.80 Å². The minimum atomic E-state index is -0.472. The Balaban J connectivity index is 1.39. The first kappa shape index (κ1) is 19.2. The number of nitro benzene ring substituents is 1. The number of hydrogen-bond donors (Lipinski definition) is 0. The third kappa shape index (κ3) is 4.02. The molecular weight excluding hydrogens is 374 g/mol. The predicted octanol–water partition coefficient (Wildman–Crippen LogP) is 2.63. The first-order valence-electron chi connectivity index (χ1n) is 9.67. The van der Waals surface area contributed by atoms with E-state index in [0.717, 1.165) is 23.6 Å². The largest absolute Gasteiger partial charge is 0.486 e. The molecule has 0 aliphatic carbocycles. The Morgan fingerprint density at radius 2 is 1.79 bits per heavy atom. The van der Waals surface area contributed by atoms with Gasteiger partial charge in [-0.1, -0.05) is 18.2 Å². The fraction of sp³-hybridized carbons (Fsp3) is 0.381. The van der Waals surface area contributed by atoms with Gasteiger partial charge in [0.05, 0.1) is 4.92 Å². The zero-order chi connectivity index (χ0) is 20.4. The van der Waals surface area contributed by atoms with Crippen LogP contribution in [0.4, 0.5) is 5.69 Å². The average Bonchev–Trinajstić information content (AvgIpc) is 2.73. The van der Waals surface area contributed by atoms with Crippen LogP contribution < -0.4 is 9.47 Å². The van der Waals surface area contributed by atoms with Gasteiger partial charge in [0.25, 0.3) is 11.6 Å². The zero-order valence-electron chi connectivity index (χ0n) is 16.3. The fourth-order valence-corrected chi connectivity index (χ4v) is 3.80. The van der Waals surface area contributed by atoms with E-state index in [4.69, 9.17) is 9.47 Å². The molecule has 0 atom stereocenters. The maximum Gasteiger partial charge on any atom is 0.285 e. The number of carbonyl (C=O) groups is 1. The van der Waals surface area contributed by atoms with Crippen LogP contribution in [-0.4, -0.2) is 60.0 Å². The van der Waals surface area contributed by atoms with Crippen molar-refractivity contribution in [3.63, 3.8) is 0 Å². The van der Waals surface area contributed by atoms with Gasteiger partial charge in [0, 0.05) is 38.3 Å². The van der Waals surface area contributed by atoms with Gasteiger partial charge < -0.3 is 14.4 Å². The summed E-state index contributed by atoms with van der Waals surface area (Å²) in [4.78, 5) is 27.8. The maximum absolute atomic E-state index is 12.9. The fourth-order valence-electron chi connectivity index (χ4n) is 3.80. The number of nitrogens with zero attached hydrogens (tertiary/aromatic N) is 3. The molecule has 29 heavy (non-hydrogen) atoms. The summed E-state index contributed by atoms with van der Waals surface area (Å²) in [5, 5.41) is 11.4. The van der Waals surface area contributed by atoms with Crippen molar-refractivity contribution < 1.29 is 19.2 Å². The summed E-state index contributed by atoms with van der Waals surface area (Å²) in [6.45, 7) is 6.02. The van der Waals surface area contributed by atoms with Crippen LogP contribution in [0, 0.1) is 17.0 Å². The Morgan fingerprint density at radius 1 is 1.07 bits per heavy atom. The van der Waals surface area contributed by atoms with Crippen molar-refractivity contribution in [2.24, 2.45) is 0 Å². The number of fused-ring (bicyclic) bond motifs is 1. The molecule has 8 heteroatoms. The molecule has 0 aromatic heterocycles. The lowest BCUT2D eigenvalue weighted by Crippen LogP contribution is -2.48. The van der Waals surface area contributed by atoms with Gasteiger partial charge in [-0.25, -0.2) is 0 Å². The smallest absolute Gasteiger partial charge is 0.285 e. The van der Waals surface area contributed by atoms with E-state index >= 15 is 0 Å². The van der Waals surface area contributed by atoms with Crippen LogP contribution in [0.2, 0.25) is 0 Å². The first-order valence-corrected chi connectivity index (χ1v) is 9.67. The van der Waals surface area contributed by atoms with E-state index in [1.54, 1.807) is 24.0 Å². The Morgan fingerprint density at radius 3 is 2.52 bits per heavy atom. The molecule has 2 aliphatic rings. The van der Waals surface area contributed by atoms with Crippen LogP contribution in [0.25, 0.3) is 0 Å². The molecule has 1 saturated heterocycles. The summed E-state index contributed by atoms with van der Waals surface area (Å²) in [5.41, 5.74) is 1.69. The molecular formula is C21H23N3O5. The Hall–Kier alpha value is -3.13. The summed E-state index contributed by atoms with van der Waals surface area (Å²) in [6, 6.07) is 10.8. The van der Waals surface area contributed by atoms with Crippen molar-refractivity contribution in [2.75, 3.05) is 39.4 Å². The predicted molar refractivity (Wildman–Crippen MR) is 106 cm³/mol. The van der Waals surface area contributed by atoms with Crippen LogP contribution in [-0.2, 0) is 6.54 Å². The minimum Gasteiger partial charge on any atom is -0.486 e. The number of amides is 1. The molecule has 0 spiro atoms. The SMILES string of the molecule is Cc1cccc(C(=O)N2CCN(Cc3ccc4c(c3)OCCO4)CC2)c1[N+](=O)[O-]. The quantitative estimate of drug-likeness (QED) is 0.582. The number of piperazine rings is 1. The molecule has 152 valence electrons. The van der Waals surface area contributed by atoms with Crippen LogP contribution in [0.15, 0.2) is 36.4 Å². The van der Waals surface area contributed by atoms with E-state index in [1.165, 1.54) is 6.07 Å². The maximum atomic E-state index is 12.9. The number of nitro groups is 1. The first-order chi connectivity index (χ1) is 14.0. The molecule has 2 aromatic carbocycles. The summed E-state index contributed by atoms with van der Waals surface area (Å²) in [5.74, 6) is 1.27. The normalized spacial score (nSPS) is 16.5. The second-order valence-corrected chi connectivity index (χ2v) is 7.27. The second kappa shape index (κ2) is 8.08. The summed E-state index contributed by atoms with van der Waals surface area (Å²) in [6.07, 6.45) is 0. The van der Waals surface area contributed by atoms with Crippen molar-refractivity contribution in [1.29, 1.82) is 0 Å². The lowest BCUT2D eigenvalue weighted by Gasteiger charge is -2.35. The number of hydrogen-bond acceptors (Lipinski definition) is 6. The second-order valence-electron chi connectivity index (χ2n) is 7.27. The van der Waals surface area contributed by atoms with Crippen molar-refractivity contribution >= 4 is 11.6 Å². The highest BCUT2D eigenvalue weighted by molar-refractivity contribution is 5.98. The van der Waals surface area contributed by atoms with Gasteiger partial charge in [0.2, 0.25) is 0 Å². The van der Waals surface area contributed by atoms with Gasteiger partial charge in [-0.3, -0.25) is 19.8 Å². The molecule has 0 radical (unpaired) electrons. The molecule has 0 bridgehead atoms. The number of carbonyl (C=O) groups excluding carboxylic acids is 1. The Kier molecular flexibility index (Phi) is 5.35. The average molecular weight is 397 g/mol. The van der Waals surface area contributed by atoms with Crippen LogP contribution >= 0.6 is 0 Å². The molecule has 1 fully saturated rings. The van der Waals surface area contributed by atoms with E-state index in [2.05, 4.69) is 4.90 Å². The molecule has 0 unspecified atom stereocenters. The highest BCUT2D eigenvalue weighted by Crippen LogP contribution is 2.31. The highest BCUT2D eigenvalue weighted by atomic mass is 16.6. The Bertz CT molecular complexity index is 938. The highest BCUT2D eigenvalue weighted by Gasteiger charge is 2.28. The number of ether oxygens (including phenoxy) is 2. The molecule has 2 aromatic rings. The van der Waals surface area contributed by atoms with Crippen LogP contribution in [0.5, 0.6) is 11.5 Å². The van der Waals surface area contributed by atoms with Gasteiger partial charge in [-0.05, 0) is 30.7 Å². The molecule has 2 aliphatic heterocycles. The minimum absolute atomic E-state index is 0.101. The number of benzene rings is 2. The third-order valence-electron chi connectivity index (χ3n) is 5.32. The zero-order valence-corrected chi connectivity index (χ0v) is 16.3. The van der Waals surface area contributed by atoms with E-state index in [0.29, 0.717) is 45.0 Å². The Labute approximate surface area is 168 Å². The lowest BCUT2D eigenvalue weighted by atomic mass is 10.1. The van der Waals surface area contributed by atoms with Gasteiger partial charge in [0.15, 0.2) is 11.5 Å². The molecule has 8 nitrogen and oxygen atoms in total. The number of rotatable bonds is 4. The summed E-state index contributed by atoms with van der Waals surface area (Å²) >= 11 is 0. The van der Waals surface area contributed by atoms with Crippen molar-refractivity contribution in [3.05, 3.63) is 63.2 Å². The van der Waals surface area contributed by atoms with Gasteiger partial charge in [0.1, 0.15) is 18.8 Å². The molecule has 0 N–H and O–H groups in total. The van der Waals surface area contributed by atoms with Crippen LogP contribution in [0.1, 0.15) is 21.5 Å². The van der Waals surface area contributed by atoms with E-state index in [1.807, 2.05) is 18.2 Å². The molecule has 1 amide bonds. The monoisotopic (exact) mass is 397 g/mol.